The summed E-state index contributed by atoms with van der Waals surface area (Å²) in [6, 6.07) is 3.98. The molecule has 9 heteroatoms. The van der Waals surface area contributed by atoms with Crippen LogP contribution in [0.25, 0.3) is 12.2 Å². The van der Waals surface area contributed by atoms with Gasteiger partial charge in [-0.05, 0) is 70.7 Å². The molecule has 0 atom stereocenters. The van der Waals surface area contributed by atoms with E-state index in [0.717, 1.165) is 12.8 Å². The van der Waals surface area contributed by atoms with Gasteiger partial charge in [-0.1, -0.05) is 24.4 Å². The molecule has 0 radical (unpaired) electrons. The van der Waals surface area contributed by atoms with Crippen LogP contribution in [0.2, 0.25) is 0 Å². The van der Waals surface area contributed by atoms with Crippen molar-refractivity contribution >= 4 is 28.1 Å². The van der Waals surface area contributed by atoms with Crippen LogP contribution in [-0.4, -0.2) is 53.9 Å². The molecule has 1 amide bonds. The first-order valence-electron chi connectivity index (χ1n) is 12.3. The van der Waals surface area contributed by atoms with Gasteiger partial charge in [-0.2, -0.15) is 4.31 Å². The number of aromatic nitrogens is 1. The van der Waals surface area contributed by atoms with Crippen molar-refractivity contribution in [2.45, 2.75) is 82.7 Å². The molecule has 3 heterocycles. The molecule has 2 aromatic rings. The highest BCUT2D eigenvalue weighted by atomic mass is 32.2. The van der Waals surface area contributed by atoms with E-state index >= 15 is 0 Å². The highest BCUT2D eigenvalue weighted by molar-refractivity contribution is 7.89. The average Bonchev–Trinajstić information content (AvgIpc) is 3.48. The van der Waals surface area contributed by atoms with Crippen LogP contribution < -0.4 is 0 Å². The largest absolute Gasteiger partial charge is 0.465 e. The fraction of sp³-hybridized carbons (Fsp3) is 0.600. The number of rotatable bonds is 7. The fourth-order valence-corrected chi connectivity index (χ4v) is 6.96. The van der Waals surface area contributed by atoms with E-state index in [0.29, 0.717) is 43.4 Å². The zero-order valence-corrected chi connectivity index (χ0v) is 21.1. The predicted molar refractivity (Wildman–Crippen MR) is 129 cm³/mol. The summed E-state index contributed by atoms with van der Waals surface area (Å²) in [5.41, 5.74) is 0.320. The maximum Gasteiger partial charge on any atom is 0.248 e. The van der Waals surface area contributed by atoms with Crippen LogP contribution in [0, 0.1) is 12.8 Å². The Balaban J connectivity index is 1.45. The number of piperidine rings is 1. The molecule has 186 valence electrons. The van der Waals surface area contributed by atoms with Crippen molar-refractivity contribution in [1.82, 2.24) is 14.4 Å². The van der Waals surface area contributed by atoms with E-state index in [-0.39, 0.29) is 28.5 Å². The highest BCUT2D eigenvalue weighted by Crippen LogP contribution is 2.32. The first-order valence-corrected chi connectivity index (χ1v) is 13.7. The third-order valence-electron chi connectivity index (χ3n) is 6.96. The van der Waals surface area contributed by atoms with E-state index in [2.05, 4.69) is 23.9 Å². The van der Waals surface area contributed by atoms with Gasteiger partial charge in [-0.15, -0.1) is 0 Å². The Bertz CT molecular complexity index is 1090. The number of furan rings is 1. The Kier molecular flexibility index (Phi) is 7.62. The van der Waals surface area contributed by atoms with E-state index in [1.54, 1.807) is 37.5 Å². The van der Waals surface area contributed by atoms with Crippen LogP contribution >= 0.6 is 0 Å². The zero-order chi connectivity index (χ0) is 24.3. The molecule has 4 rings (SSSR count). The topological polar surface area (TPSA) is 96.9 Å². The minimum absolute atomic E-state index is 0.0751. The molecule has 34 heavy (non-hydrogen) atoms. The van der Waals surface area contributed by atoms with Crippen molar-refractivity contribution in [2.75, 3.05) is 13.1 Å². The summed E-state index contributed by atoms with van der Waals surface area (Å²) in [7, 11) is -3.81. The first-order chi connectivity index (χ1) is 16.3. The molecular formula is C25H35N3O5S. The van der Waals surface area contributed by atoms with E-state index < -0.39 is 10.0 Å². The molecule has 0 aromatic carbocycles. The number of amides is 1. The average molecular weight is 490 g/mol. The van der Waals surface area contributed by atoms with Gasteiger partial charge in [0.15, 0.2) is 10.7 Å². The molecule has 1 saturated heterocycles. The summed E-state index contributed by atoms with van der Waals surface area (Å²) in [4.78, 5) is 15.6. The highest BCUT2D eigenvalue weighted by Gasteiger charge is 2.38. The fourth-order valence-electron chi connectivity index (χ4n) is 5.24. The number of aryl methyl sites for hydroxylation is 1. The lowest BCUT2D eigenvalue weighted by atomic mass is 9.90. The summed E-state index contributed by atoms with van der Waals surface area (Å²) in [6.07, 6.45) is 11.5. The molecule has 0 unspecified atom stereocenters. The number of hydrogen-bond acceptors (Lipinski definition) is 6. The summed E-state index contributed by atoms with van der Waals surface area (Å²) >= 11 is 0. The first kappa shape index (κ1) is 24.7. The molecule has 0 bridgehead atoms. The third kappa shape index (κ3) is 5.15. The van der Waals surface area contributed by atoms with Crippen LogP contribution in [0.3, 0.4) is 0 Å². The Morgan fingerprint density at radius 2 is 1.85 bits per heavy atom. The Morgan fingerprint density at radius 1 is 1.15 bits per heavy atom. The number of nitrogens with zero attached hydrogens (tertiary/aromatic N) is 3. The molecule has 2 fully saturated rings. The number of hydrogen-bond donors (Lipinski definition) is 0. The Morgan fingerprint density at radius 3 is 2.47 bits per heavy atom. The van der Waals surface area contributed by atoms with Gasteiger partial charge in [-0.3, -0.25) is 4.79 Å². The minimum Gasteiger partial charge on any atom is -0.465 e. The number of sulfonamides is 1. The molecule has 1 saturated carbocycles. The third-order valence-corrected chi connectivity index (χ3v) is 9.01. The molecule has 1 aliphatic carbocycles. The summed E-state index contributed by atoms with van der Waals surface area (Å²) in [5.74, 6) is 0.805. The Labute approximate surface area is 202 Å². The van der Waals surface area contributed by atoms with Gasteiger partial charge in [-0.25, -0.2) is 8.42 Å². The van der Waals surface area contributed by atoms with Crippen LogP contribution in [0.15, 0.2) is 32.2 Å². The van der Waals surface area contributed by atoms with Gasteiger partial charge >= 0.3 is 0 Å². The second-order valence-electron chi connectivity index (χ2n) is 9.62. The lowest BCUT2D eigenvalue weighted by Crippen LogP contribution is -2.50. The van der Waals surface area contributed by atoms with Gasteiger partial charge in [0.25, 0.3) is 0 Å². The number of carbonyl (C=O) groups excluding carboxylic acids is 1. The molecular weight excluding hydrogens is 454 g/mol. The molecule has 2 aliphatic rings. The van der Waals surface area contributed by atoms with Gasteiger partial charge in [0.2, 0.25) is 15.9 Å². The van der Waals surface area contributed by atoms with Gasteiger partial charge in [0.05, 0.1) is 6.26 Å². The van der Waals surface area contributed by atoms with Crippen LogP contribution in [0.4, 0.5) is 0 Å². The zero-order valence-electron chi connectivity index (χ0n) is 20.3. The van der Waals surface area contributed by atoms with Crippen molar-refractivity contribution in [2.24, 2.45) is 5.92 Å². The van der Waals surface area contributed by atoms with Gasteiger partial charge < -0.3 is 13.8 Å². The SMILES string of the molecule is Cc1noc(C=Cc2ccco2)c1S(=O)(=O)N1CCC(C(=O)N(C(C)C)C2CCCCC2)CC1. The minimum atomic E-state index is -3.81. The summed E-state index contributed by atoms with van der Waals surface area (Å²) in [5, 5.41) is 3.89. The normalized spacial score (nSPS) is 19.3. The predicted octanol–water partition coefficient (Wildman–Crippen LogP) is 4.72. The quantitative estimate of drug-likeness (QED) is 0.558. The molecule has 0 spiro atoms. The van der Waals surface area contributed by atoms with Gasteiger partial charge in [0.1, 0.15) is 11.5 Å². The Hall–Kier alpha value is -2.39. The van der Waals surface area contributed by atoms with E-state index in [1.165, 1.54) is 23.6 Å². The summed E-state index contributed by atoms with van der Waals surface area (Å²) in [6.45, 7) is 6.40. The lowest BCUT2D eigenvalue weighted by molar-refractivity contribution is -0.142. The lowest BCUT2D eigenvalue weighted by Gasteiger charge is -2.41. The van der Waals surface area contributed by atoms with Crippen molar-refractivity contribution in [1.29, 1.82) is 0 Å². The van der Waals surface area contributed by atoms with Crippen molar-refractivity contribution < 1.29 is 22.2 Å². The molecule has 2 aromatic heterocycles. The van der Waals surface area contributed by atoms with Crippen molar-refractivity contribution in [3.05, 3.63) is 35.6 Å². The number of carbonyl (C=O) groups is 1. The second-order valence-corrected chi connectivity index (χ2v) is 11.5. The monoisotopic (exact) mass is 489 g/mol. The second kappa shape index (κ2) is 10.5. The van der Waals surface area contributed by atoms with Crippen LogP contribution in [0.1, 0.15) is 76.0 Å². The van der Waals surface area contributed by atoms with Gasteiger partial charge in [0, 0.05) is 31.1 Å². The van der Waals surface area contributed by atoms with Crippen molar-refractivity contribution in [3.63, 3.8) is 0 Å². The maximum absolute atomic E-state index is 13.5. The summed E-state index contributed by atoms with van der Waals surface area (Å²) < 4.78 is 39.0. The molecule has 8 nitrogen and oxygen atoms in total. The van der Waals surface area contributed by atoms with Crippen molar-refractivity contribution in [3.8, 4) is 0 Å². The van der Waals surface area contributed by atoms with E-state index in [4.69, 9.17) is 8.94 Å². The van der Waals surface area contributed by atoms with E-state index in [1.807, 2.05) is 0 Å². The standard InChI is InChI=1S/C25H35N3O5S/c1-18(2)28(21-8-5-4-6-9-21)25(29)20-13-15-27(16-14-20)34(30,31)24-19(3)26-33-23(24)12-11-22-10-7-17-32-22/h7,10-12,17-18,20-21H,4-6,8-9,13-16H2,1-3H3. The van der Waals surface area contributed by atoms with E-state index in [9.17, 15) is 13.2 Å². The molecule has 0 N–H and O–H groups in total. The van der Waals surface area contributed by atoms with Crippen LogP contribution in [-0.2, 0) is 14.8 Å². The maximum atomic E-state index is 13.5. The molecule has 1 aliphatic heterocycles. The smallest absolute Gasteiger partial charge is 0.248 e. The van der Waals surface area contributed by atoms with Crippen LogP contribution in [0.5, 0.6) is 0 Å².